The number of anilines is 1. The fraction of sp³-hybridized carbons (Fsp3) is 0.214. The molecule has 0 aliphatic heterocycles. The highest BCUT2D eigenvalue weighted by molar-refractivity contribution is 6.04. The average molecular weight is 289 g/mol. The molecule has 2 aromatic rings. The van der Waals surface area contributed by atoms with E-state index >= 15 is 0 Å². The Bertz CT molecular complexity index is 691. The van der Waals surface area contributed by atoms with Crippen LogP contribution in [-0.4, -0.2) is 20.5 Å². The summed E-state index contributed by atoms with van der Waals surface area (Å²) in [4.78, 5) is 22.4. The van der Waals surface area contributed by atoms with Crippen molar-refractivity contribution in [2.45, 2.75) is 19.9 Å². The summed E-state index contributed by atoms with van der Waals surface area (Å²) >= 11 is 0. The molecule has 0 aliphatic carbocycles. The number of carbonyl (C=O) groups is 1. The Labute approximate surface area is 121 Å². The smallest absolute Gasteiger partial charge is 0.272 e. The van der Waals surface area contributed by atoms with Crippen LogP contribution in [-0.2, 0) is 0 Å². The number of nitrogens with zero attached hydrogens (tertiary/aromatic N) is 2. The maximum absolute atomic E-state index is 12.2. The molecular weight excluding hydrogens is 274 g/mol. The fourth-order valence-electron chi connectivity index (χ4n) is 1.96. The summed E-state index contributed by atoms with van der Waals surface area (Å²) in [6.07, 6.45) is 1.77. The van der Waals surface area contributed by atoms with Gasteiger partial charge in [0.1, 0.15) is 11.4 Å². The van der Waals surface area contributed by atoms with Gasteiger partial charge in [0.25, 0.3) is 11.6 Å². The number of carbonyl (C=O) groups excluding carboxylic acids is 1. The van der Waals surface area contributed by atoms with Crippen LogP contribution in [0.2, 0.25) is 0 Å². The number of phenolic OH excluding ortho intramolecular Hbond substituents is 1. The zero-order chi connectivity index (χ0) is 15.6. The topological polar surface area (TPSA) is 97.4 Å². The van der Waals surface area contributed by atoms with Crippen LogP contribution in [0.1, 0.15) is 30.4 Å². The molecule has 0 spiro atoms. The molecule has 0 saturated carbocycles. The normalized spacial score (nSPS) is 10.6. The Morgan fingerprint density at radius 1 is 1.38 bits per heavy atom. The number of aromatic hydroxyl groups is 1. The second-order valence-corrected chi connectivity index (χ2v) is 4.81. The van der Waals surface area contributed by atoms with E-state index in [4.69, 9.17) is 0 Å². The summed E-state index contributed by atoms with van der Waals surface area (Å²) in [6.45, 7) is 3.86. The number of phenols is 1. The van der Waals surface area contributed by atoms with E-state index in [0.717, 1.165) is 6.07 Å². The fourth-order valence-corrected chi connectivity index (χ4v) is 1.96. The summed E-state index contributed by atoms with van der Waals surface area (Å²) in [5, 5.41) is 22.9. The van der Waals surface area contributed by atoms with Gasteiger partial charge in [0.05, 0.1) is 10.6 Å². The third-order valence-corrected chi connectivity index (χ3v) is 3.01. The maximum Gasteiger partial charge on any atom is 0.272 e. The first-order chi connectivity index (χ1) is 9.90. The van der Waals surface area contributed by atoms with Crippen molar-refractivity contribution in [2.24, 2.45) is 0 Å². The van der Waals surface area contributed by atoms with Gasteiger partial charge in [-0.1, -0.05) is 0 Å². The molecule has 110 valence electrons. The molecule has 21 heavy (non-hydrogen) atoms. The molecule has 0 atom stereocenters. The van der Waals surface area contributed by atoms with Gasteiger partial charge in [-0.05, 0) is 32.0 Å². The van der Waals surface area contributed by atoms with E-state index in [1.807, 2.05) is 13.8 Å². The summed E-state index contributed by atoms with van der Waals surface area (Å²) < 4.78 is 1.77. The molecule has 0 fully saturated rings. The summed E-state index contributed by atoms with van der Waals surface area (Å²) in [7, 11) is 0. The lowest BCUT2D eigenvalue weighted by molar-refractivity contribution is -0.384. The Morgan fingerprint density at radius 2 is 2.10 bits per heavy atom. The van der Waals surface area contributed by atoms with Crippen LogP contribution < -0.4 is 5.32 Å². The van der Waals surface area contributed by atoms with E-state index in [0.29, 0.717) is 5.69 Å². The molecule has 0 saturated heterocycles. The third kappa shape index (κ3) is 3.02. The number of hydrogen-bond acceptors (Lipinski definition) is 4. The minimum atomic E-state index is -0.591. The van der Waals surface area contributed by atoms with Gasteiger partial charge in [-0.2, -0.15) is 0 Å². The van der Waals surface area contributed by atoms with Crippen LogP contribution in [0.5, 0.6) is 5.75 Å². The molecule has 7 nitrogen and oxygen atoms in total. The van der Waals surface area contributed by atoms with Crippen molar-refractivity contribution in [1.29, 1.82) is 0 Å². The number of non-ortho nitro benzene ring substituents is 1. The Morgan fingerprint density at radius 3 is 2.71 bits per heavy atom. The lowest BCUT2D eigenvalue weighted by Gasteiger charge is -2.13. The predicted molar refractivity (Wildman–Crippen MR) is 77.5 cm³/mol. The molecular formula is C14H15N3O4. The minimum absolute atomic E-state index is 0.00528. The first kappa shape index (κ1) is 14.6. The standard InChI is InChI=1S/C14H15N3O4/c1-9(2)16-7-3-4-12(16)14(19)15-11-8-10(17(20)21)5-6-13(11)18/h3-9,18H,1-2H3,(H,15,19). The number of aromatic nitrogens is 1. The Balaban J connectivity index is 2.29. The van der Waals surface area contributed by atoms with Crippen molar-refractivity contribution < 1.29 is 14.8 Å². The lowest BCUT2D eigenvalue weighted by atomic mass is 10.2. The first-order valence-corrected chi connectivity index (χ1v) is 6.35. The van der Waals surface area contributed by atoms with Gasteiger partial charge in [0, 0.05) is 24.4 Å². The Hall–Kier alpha value is -2.83. The third-order valence-electron chi connectivity index (χ3n) is 3.01. The number of rotatable bonds is 4. The van der Waals surface area contributed by atoms with Crippen molar-refractivity contribution in [3.63, 3.8) is 0 Å². The molecule has 1 aromatic heterocycles. The van der Waals surface area contributed by atoms with E-state index in [-0.39, 0.29) is 23.2 Å². The van der Waals surface area contributed by atoms with E-state index < -0.39 is 10.8 Å². The number of hydrogen-bond donors (Lipinski definition) is 2. The molecule has 1 heterocycles. The molecule has 1 aromatic carbocycles. The van der Waals surface area contributed by atoms with Gasteiger partial charge in [-0.25, -0.2) is 0 Å². The highest BCUT2D eigenvalue weighted by Gasteiger charge is 2.16. The van der Waals surface area contributed by atoms with Gasteiger partial charge in [0.2, 0.25) is 0 Å². The van der Waals surface area contributed by atoms with E-state index in [1.54, 1.807) is 22.9 Å². The van der Waals surface area contributed by atoms with Crippen molar-refractivity contribution in [2.75, 3.05) is 5.32 Å². The zero-order valence-electron chi connectivity index (χ0n) is 11.6. The van der Waals surface area contributed by atoms with Crippen molar-refractivity contribution in [3.05, 3.63) is 52.3 Å². The van der Waals surface area contributed by atoms with Gasteiger partial charge < -0.3 is 15.0 Å². The van der Waals surface area contributed by atoms with E-state index in [2.05, 4.69) is 5.32 Å². The highest BCUT2D eigenvalue weighted by Crippen LogP contribution is 2.28. The number of nitro groups is 1. The average Bonchev–Trinajstić information content (AvgIpc) is 2.90. The van der Waals surface area contributed by atoms with Crippen LogP contribution in [0, 0.1) is 10.1 Å². The van der Waals surface area contributed by atoms with Crippen molar-refractivity contribution in [3.8, 4) is 5.75 Å². The lowest BCUT2D eigenvalue weighted by Crippen LogP contribution is -2.17. The molecule has 0 aliphatic rings. The van der Waals surface area contributed by atoms with Crippen LogP contribution in [0.15, 0.2) is 36.5 Å². The van der Waals surface area contributed by atoms with Crippen molar-refractivity contribution >= 4 is 17.3 Å². The predicted octanol–water partition coefficient (Wildman–Crippen LogP) is 2.94. The quantitative estimate of drug-likeness (QED) is 0.513. The van der Waals surface area contributed by atoms with Crippen LogP contribution in [0.4, 0.5) is 11.4 Å². The highest BCUT2D eigenvalue weighted by atomic mass is 16.6. The monoisotopic (exact) mass is 289 g/mol. The molecule has 1 amide bonds. The van der Waals surface area contributed by atoms with E-state index in [9.17, 15) is 20.0 Å². The van der Waals surface area contributed by atoms with Gasteiger partial charge >= 0.3 is 0 Å². The van der Waals surface area contributed by atoms with Gasteiger partial charge in [-0.15, -0.1) is 0 Å². The van der Waals surface area contributed by atoms with Crippen LogP contribution in [0.25, 0.3) is 0 Å². The number of nitro benzene ring substituents is 1. The molecule has 0 radical (unpaired) electrons. The van der Waals surface area contributed by atoms with Gasteiger partial charge in [0.15, 0.2) is 0 Å². The van der Waals surface area contributed by atoms with Crippen molar-refractivity contribution in [1.82, 2.24) is 4.57 Å². The van der Waals surface area contributed by atoms with E-state index in [1.165, 1.54) is 12.1 Å². The molecule has 2 rings (SSSR count). The number of benzene rings is 1. The minimum Gasteiger partial charge on any atom is -0.506 e. The van der Waals surface area contributed by atoms with Crippen LogP contribution in [0.3, 0.4) is 0 Å². The largest absolute Gasteiger partial charge is 0.506 e. The molecule has 0 unspecified atom stereocenters. The molecule has 7 heteroatoms. The summed E-state index contributed by atoms with van der Waals surface area (Å²) in [5.74, 6) is -0.666. The summed E-state index contributed by atoms with van der Waals surface area (Å²) in [5.41, 5.74) is 0.212. The zero-order valence-corrected chi connectivity index (χ0v) is 11.6. The maximum atomic E-state index is 12.2. The second-order valence-electron chi connectivity index (χ2n) is 4.81. The van der Waals surface area contributed by atoms with Crippen LogP contribution >= 0.6 is 0 Å². The number of nitrogens with one attached hydrogen (secondary N) is 1. The summed E-state index contributed by atoms with van der Waals surface area (Å²) in [6, 6.07) is 6.94. The Kier molecular flexibility index (Phi) is 3.93. The second kappa shape index (κ2) is 5.66. The molecule has 0 bridgehead atoms. The van der Waals surface area contributed by atoms with Gasteiger partial charge in [-0.3, -0.25) is 14.9 Å². The first-order valence-electron chi connectivity index (χ1n) is 6.35. The SMILES string of the molecule is CC(C)n1cccc1C(=O)Nc1cc([N+](=O)[O-])ccc1O. The number of amides is 1. The molecule has 2 N–H and O–H groups in total.